The Bertz CT molecular complexity index is 621. The fourth-order valence-electron chi connectivity index (χ4n) is 2.05. The first-order valence-electron chi connectivity index (χ1n) is 9.34. The quantitative estimate of drug-likeness (QED) is 0.249. The number of rotatable bonds is 12. The zero-order valence-electron chi connectivity index (χ0n) is 17.6. The van der Waals surface area contributed by atoms with Gasteiger partial charge in [-0.15, -0.1) is 12.8 Å². The molecular weight excluding hydrogens is 372 g/mol. The number of hydrazine groups is 1. The number of carbonyl (C=O) groups is 4. The van der Waals surface area contributed by atoms with E-state index in [1.54, 1.807) is 26.2 Å². The van der Waals surface area contributed by atoms with Crippen LogP contribution in [0.2, 0.25) is 0 Å². The highest BCUT2D eigenvalue weighted by Crippen LogP contribution is 2.18. The van der Waals surface area contributed by atoms with Gasteiger partial charge in [-0.1, -0.05) is 0 Å². The fraction of sp³-hybridized carbons (Fsp3) is 0.455. The van der Waals surface area contributed by atoms with Gasteiger partial charge in [0.1, 0.15) is 24.6 Å². The fourth-order valence-corrected chi connectivity index (χ4v) is 2.05. The lowest BCUT2D eigenvalue weighted by Crippen LogP contribution is -2.37. The van der Waals surface area contributed by atoms with Crippen molar-refractivity contribution in [3.63, 3.8) is 0 Å². The third-order valence-corrected chi connectivity index (χ3v) is 3.70. The van der Waals surface area contributed by atoms with Gasteiger partial charge in [-0.2, -0.15) is 0 Å². The number of aryl methyl sites for hydroxylation is 1. The lowest BCUT2D eigenvalue weighted by atomic mass is 10.1. The summed E-state index contributed by atoms with van der Waals surface area (Å²) in [5.41, 5.74) is 4.31. The molecule has 7 heteroatoms. The molecule has 0 fully saturated rings. The number of amides is 1. The largest absolute Gasteiger partial charge is 0.494 e. The van der Waals surface area contributed by atoms with Crippen LogP contribution in [0.3, 0.4) is 0 Å². The van der Waals surface area contributed by atoms with Crippen molar-refractivity contribution in [2.75, 3.05) is 20.7 Å². The number of hydrogen-bond acceptors (Lipinski definition) is 6. The Morgan fingerprint density at radius 1 is 1.03 bits per heavy atom. The summed E-state index contributed by atoms with van der Waals surface area (Å²) in [5, 5.41) is 1.43. The van der Waals surface area contributed by atoms with E-state index in [4.69, 9.17) is 4.74 Å². The Hall–Kier alpha value is -2.98. The molecular formula is C22H32N2O5. The van der Waals surface area contributed by atoms with Crippen LogP contribution in [0, 0.1) is 19.8 Å². The van der Waals surface area contributed by atoms with Gasteiger partial charge in [-0.25, -0.2) is 5.43 Å². The van der Waals surface area contributed by atoms with Crippen LogP contribution in [0.1, 0.15) is 54.4 Å². The van der Waals surface area contributed by atoms with E-state index in [0.29, 0.717) is 37.9 Å². The van der Waals surface area contributed by atoms with E-state index in [0.717, 1.165) is 43.0 Å². The molecule has 0 aliphatic rings. The summed E-state index contributed by atoms with van der Waals surface area (Å²) < 4.78 is 5.60. The highest BCUT2D eigenvalue weighted by molar-refractivity contribution is 5.95. The van der Waals surface area contributed by atoms with Crippen molar-refractivity contribution >= 4 is 24.8 Å². The first-order chi connectivity index (χ1) is 14.0. The van der Waals surface area contributed by atoms with Crippen LogP contribution < -0.4 is 10.2 Å². The number of nitrogens with zero attached hydrogens (tertiary/aromatic N) is 1. The summed E-state index contributed by atoms with van der Waals surface area (Å²) >= 11 is 0. The molecule has 0 spiro atoms. The van der Waals surface area contributed by atoms with Crippen molar-refractivity contribution in [1.29, 1.82) is 0 Å². The monoisotopic (exact) mass is 404 g/mol. The second kappa shape index (κ2) is 19.8. The number of aldehydes is 3. The predicted octanol–water partition coefficient (Wildman–Crippen LogP) is 2.75. The minimum absolute atomic E-state index is 0.0810. The number of nitrogens with one attached hydrogen (secondary N) is 1. The molecule has 7 nitrogen and oxygen atoms in total. The van der Waals surface area contributed by atoms with Crippen molar-refractivity contribution in [1.82, 2.24) is 10.4 Å². The Kier molecular flexibility index (Phi) is 19.2. The molecule has 1 amide bonds. The van der Waals surface area contributed by atoms with E-state index >= 15 is 0 Å². The molecule has 0 aliphatic carbocycles. The van der Waals surface area contributed by atoms with Crippen LogP contribution in [0.5, 0.6) is 5.75 Å². The number of hydrogen-bond donors (Lipinski definition) is 1. The van der Waals surface area contributed by atoms with Crippen molar-refractivity contribution in [3.05, 3.63) is 29.3 Å². The van der Waals surface area contributed by atoms with Crippen molar-refractivity contribution in [2.45, 2.75) is 45.4 Å². The molecule has 0 aromatic heterocycles. The molecule has 0 saturated carbocycles. The van der Waals surface area contributed by atoms with Gasteiger partial charge in [0.2, 0.25) is 0 Å². The molecule has 160 valence electrons. The average Bonchev–Trinajstić information content (AvgIpc) is 2.75. The second-order valence-corrected chi connectivity index (χ2v) is 5.84. The van der Waals surface area contributed by atoms with Crippen LogP contribution in [-0.4, -0.2) is 50.5 Å². The van der Waals surface area contributed by atoms with E-state index in [-0.39, 0.29) is 5.91 Å². The molecule has 0 bridgehead atoms. The smallest absolute Gasteiger partial charge is 0.267 e. The van der Waals surface area contributed by atoms with Crippen LogP contribution >= 0.6 is 0 Å². The van der Waals surface area contributed by atoms with E-state index in [2.05, 4.69) is 18.3 Å². The van der Waals surface area contributed by atoms with Gasteiger partial charge >= 0.3 is 0 Å². The maximum Gasteiger partial charge on any atom is 0.267 e. The summed E-state index contributed by atoms with van der Waals surface area (Å²) in [6.45, 7) is 2.47. The Morgan fingerprint density at radius 2 is 1.59 bits per heavy atom. The Balaban J connectivity index is 0. The molecule has 0 radical (unpaired) electrons. The standard InChI is InChI=1S/C15H22N2O3.C5H8O2.C2H2/c1-12-11-13(20-10-6-4-5-9-18)7-8-14(12)15(19)17(3)16-2;6-4-2-1-3-5-7;1-2/h7-9,11,16H,4-6,10H2,1-3H3;4-5H,1-3H2;1-2H. The predicted molar refractivity (Wildman–Crippen MR) is 114 cm³/mol. The van der Waals surface area contributed by atoms with Gasteiger partial charge in [0, 0.05) is 38.9 Å². The van der Waals surface area contributed by atoms with Gasteiger partial charge in [0.05, 0.1) is 6.61 Å². The molecule has 1 N–H and O–H groups in total. The zero-order valence-corrected chi connectivity index (χ0v) is 17.6. The summed E-state index contributed by atoms with van der Waals surface area (Å²) in [5.74, 6) is 0.666. The van der Waals surface area contributed by atoms with E-state index < -0.39 is 0 Å². The summed E-state index contributed by atoms with van der Waals surface area (Å²) in [6.07, 6.45) is 14.6. The third kappa shape index (κ3) is 13.8. The maximum absolute atomic E-state index is 12.0. The van der Waals surface area contributed by atoms with Crippen LogP contribution in [0.15, 0.2) is 18.2 Å². The SMILES string of the molecule is C#C.CNN(C)C(=O)c1ccc(OCCCCC=O)cc1C.O=CCCCC=O. The highest BCUT2D eigenvalue weighted by Gasteiger charge is 2.13. The van der Waals surface area contributed by atoms with E-state index in [9.17, 15) is 19.2 Å². The van der Waals surface area contributed by atoms with Crippen LogP contribution in [0.25, 0.3) is 0 Å². The third-order valence-electron chi connectivity index (χ3n) is 3.70. The molecule has 0 unspecified atom stereocenters. The van der Waals surface area contributed by atoms with Crippen molar-refractivity contribution < 1.29 is 23.9 Å². The van der Waals surface area contributed by atoms with Crippen LogP contribution in [0.4, 0.5) is 0 Å². The van der Waals surface area contributed by atoms with Gasteiger partial charge in [-0.05, 0) is 49.9 Å². The van der Waals surface area contributed by atoms with Gasteiger partial charge in [0.25, 0.3) is 5.91 Å². The summed E-state index contributed by atoms with van der Waals surface area (Å²) in [6, 6.07) is 5.42. The second-order valence-electron chi connectivity index (χ2n) is 5.84. The lowest BCUT2D eigenvalue weighted by molar-refractivity contribution is -0.109. The molecule has 29 heavy (non-hydrogen) atoms. The molecule has 0 saturated heterocycles. The van der Waals surface area contributed by atoms with Gasteiger partial charge < -0.3 is 19.1 Å². The minimum Gasteiger partial charge on any atom is -0.494 e. The van der Waals surface area contributed by atoms with Crippen molar-refractivity contribution in [3.8, 4) is 18.6 Å². The van der Waals surface area contributed by atoms with E-state index in [1.165, 1.54) is 5.01 Å². The number of carbonyl (C=O) groups excluding carboxylic acids is 4. The molecule has 0 atom stereocenters. The minimum atomic E-state index is -0.0810. The first kappa shape index (κ1) is 28.2. The number of benzene rings is 1. The van der Waals surface area contributed by atoms with Gasteiger partial charge in [0.15, 0.2) is 0 Å². The highest BCUT2D eigenvalue weighted by atomic mass is 16.5. The first-order valence-corrected chi connectivity index (χ1v) is 9.34. The number of terminal acetylenes is 1. The van der Waals surface area contributed by atoms with Crippen LogP contribution in [-0.2, 0) is 14.4 Å². The molecule has 1 aromatic carbocycles. The zero-order chi connectivity index (χ0) is 22.5. The Labute approximate surface area is 173 Å². The maximum atomic E-state index is 12.0. The number of unbranched alkanes of at least 4 members (excludes halogenated alkanes) is 4. The molecule has 1 rings (SSSR count). The lowest BCUT2D eigenvalue weighted by Gasteiger charge is -2.17. The Morgan fingerprint density at radius 3 is 2.07 bits per heavy atom. The molecule has 1 aromatic rings. The van der Waals surface area contributed by atoms with Gasteiger partial charge in [-0.3, -0.25) is 9.80 Å². The molecule has 0 aliphatic heterocycles. The summed E-state index contributed by atoms with van der Waals surface area (Å²) in [4.78, 5) is 41.3. The topological polar surface area (TPSA) is 92.8 Å². The summed E-state index contributed by atoms with van der Waals surface area (Å²) in [7, 11) is 3.38. The average molecular weight is 405 g/mol. The van der Waals surface area contributed by atoms with E-state index in [1.807, 2.05) is 13.0 Å². The number of ether oxygens (including phenoxy) is 1. The normalized spacial score (nSPS) is 9.00. The van der Waals surface area contributed by atoms with Crippen molar-refractivity contribution in [2.24, 2.45) is 0 Å². The molecule has 0 heterocycles.